The first-order chi connectivity index (χ1) is 12.0. The van der Waals surface area contributed by atoms with Crippen molar-refractivity contribution in [3.8, 4) is 5.69 Å². The average Bonchev–Trinajstić information content (AvgIpc) is 3.26. The van der Waals surface area contributed by atoms with E-state index in [9.17, 15) is 9.59 Å². The van der Waals surface area contributed by atoms with Gasteiger partial charge >= 0.3 is 11.9 Å². The van der Waals surface area contributed by atoms with Crippen molar-refractivity contribution in [1.82, 2.24) is 9.55 Å². The lowest BCUT2D eigenvalue weighted by molar-refractivity contribution is -0.145. The Morgan fingerprint density at radius 2 is 2.12 bits per heavy atom. The van der Waals surface area contributed by atoms with Gasteiger partial charge in [0.15, 0.2) is 0 Å². The quantitative estimate of drug-likeness (QED) is 0.674. The van der Waals surface area contributed by atoms with E-state index in [1.807, 2.05) is 49.0 Å². The molecule has 0 amide bonds. The number of rotatable bonds is 3. The van der Waals surface area contributed by atoms with E-state index < -0.39 is 18.0 Å². The zero-order valence-electron chi connectivity index (χ0n) is 13.8. The molecule has 0 N–H and O–H groups in total. The van der Waals surface area contributed by atoms with E-state index in [1.165, 1.54) is 11.3 Å². The number of hydrogen-bond acceptors (Lipinski definition) is 6. The van der Waals surface area contributed by atoms with Gasteiger partial charge in [0.1, 0.15) is 9.71 Å². The lowest BCUT2D eigenvalue weighted by atomic mass is 10.1. The Morgan fingerprint density at radius 3 is 2.80 bits per heavy atom. The molecule has 3 aromatic rings. The van der Waals surface area contributed by atoms with Crippen LogP contribution in [0, 0.1) is 13.8 Å². The molecule has 128 valence electrons. The number of ether oxygens (including phenoxy) is 2. The highest BCUT2D eigenvalue weighted by Crippen LogP contribution is 2.36. The van der Waals surface area contributed by atoms with Crippen molar-refractivity contribution in [1.29, 1.82) is 0 Å². The molecule has 1 fully saturated rings. The normalized spacial score (nSPS) is 17.0. The van der Waals surface area contributed by atoms with Crippen LogP contribution < -0.4 is 0 Å². The Balaban J connectivity index is 1.85. The summed E-state index contributed by atoms with van der Waals surface area (Å²) in [5.41, 5.74) is 2.68. The topological polar surface area (TPSA) is 70.4 Å². The highest BCUT2D eigenvalue weighted by molar-refractivity contribution is 7.21. The Labute approximate surface area is 148 Å². The fourth-order valence-electron chi connectivity index (χ4n) is 3.06. The van der Waals surface area contributed by atoms with Crippen molar-refractivity contribution in [2.45, 2.75) is 26.4 Å². The van der Waals surface area contributed by atoms with Crippen LogP contribution >= 0.6 is 11.3 Å². The Bertz CT molecular complexity index is 975. The van der Waals surface area contributed by atoms with Crippen LogP contribution in [0.5, 0.6) is 0 Å². The van der Waals surface area contributed by atoms with Gasteiger partial charge in [-0.3, -0.25) is 0 Å². The fraction of sp³-hybridized carbons (Fsp3) is 0.278. The number of fused-ring (bicyclic) bond motifs is 1. The third kappa shape index (κ3) is 2.70. The van der Waals surface area contributed by atoms with Crippen LogP contribution in [0.1, 0.15) is 27.3 Å². The molecule has 4 rings (SSSR count). The number of carbonyl (C=O) groups is 2. The molecule has 1 aliphatic rings. The van der Waals surface area contributed by atoms with Gasteiger partial charge in [-0.05, 0) is 37.6 Å². The van der Waals surface area contributed by atoms with Gasteiger partial charge in [0.25, 0.3) is 0 Å². The SMILES string of the molecule is Cc1cc(C)c2c(-n3cccc3)c(C(=O)OC3CCOC3=O)sc2n1. The van der Waals surface area contributed by atoms with Crippen LogP contribution in [-0.2, 0) is 14.3 Å². The molecular weight excluding hydrogens is 340 g/mol. The molecule has 0 aromatic carbocycles. The number of aryl methyl sites for hydroxylation is 2. The van der Waals surface area contributed by atoms with E-state index in [0.717, 1.165) is 27.2 Å². The Hall–Kier alpha value is -2.67. The molecule has 1 saturated heterocycles. The minimum absolute atomic E-state index is 0.285. The molecule has 6 nitrogen and oxygen atoms in total. The van der Waals surface area contributed by atoms with Gasteiger partial charge < -0.3 is 14.0 Å². The van der Waals surface area contributed by atoms with Gasteiger partial charge in [-0.2, -0.15) is 0 Å². The first-order valence-corrected chi connectivity index (χ1v) is 8.78. The highest BCUT2D eigenvalue weighted by atomic mass is 32.1. The predicted molar refractivity (Wildman–Crippen MR) is 93.2 cm³/mol. The van der Waals surface area contributed by atoms with Crippen LogP contribution in [0.25, 0.3) is 15.9 Å². The van der Waals surface area contributed by atoms with E-state index in [2.05, 4.69) is 4.98 Å². The number of esters is 2. The summed E-state index contributed by atoms with van der Waals surface area (Å²) in [7, 11) is 0. The molecule has 1 unspecified atom stereocenters. The fourth-order valence-corrected chi connectivity index (χ4v) is 4.24. The summed E-state index contributed by atoms with van der Waals surface area (Å²) in [5.74, 6) is -1.00. The summed E-state index contributed by atoms with van der Waals surface area (Å²) in [5, 5.41) is 0.924. The smallest absolute Gasteiger partial charge is 0.351 e. The van der Waals surface area contributed by atoms with Crippen molar-refractivity contribution in [3.63, 3.8) is 0 Å². The van der Waals surface area contributed by atoms with Gasteiger partial charge in [-0.15, -0.1) is 11.3 Å². The van der Waals surface area contributed by atoms with Crippen LogP contribution in [-0.4, -0.2) is 34.2 Å². The van der Waals surface area contributed by atoms with E-state index in [0.29, 0.717) is 11.3 Å². The lowest BCUT2D eigenvalue weighted by Crippen LogP contribution is -2.22. The van der Waals surface area contributed by atoms with Crippen LogP contribution in [0.15, 0.2) is 30.6 Å². The van der Waals surface area contributed by atoms with Gasteiger partial charge in [0, 0.05) is 29.9 Å². The number of thiophene rings is 1. The second-order valence-corrected chi connectivity index (χ2v) is 6.98. The minimum Gasteiger partial charge on any atom is -0.463 e. The summed E-state index contributed by atoms with van der Waals surface area (Å²) in [6.07, 6.45) is 3.32. The molecule has 3 aromatic heterocycles. The molecule has 0 bridgehead atoms. The number of nitrogens with zero attached hydrogens (tertiary/aromatic N) is 2. The number of cyclic esters (lactones) is 1. The van der Waals surface area contributed by atoms with Crippen molar-refractivity contribution in [3.05, 3.63) is 46.7 Å². The summed E-state index contributed by atoms with van der Waals surface area (Å²) in [6.45, 7) is 4.21. The number of hydrogen-bond donors (Lipinski definition) is 0. The molecule has 1 atom stereocenters. The molecule has 7 heteroatoms. The van der Waals surface area contributed by atoms with Crippen molar-refractivity contribution in [2.24, 2.45) is 0 Å². The Morgan fingerprint density at radius 1 is 1.36 bits per heavy atom. The molecule has 0 radical (unpaired) electrons. The summed E-state index contributed by atoms with van der Waals surface area (Å²) >= 11 is 1.28. The molecular formula is C18H16N2O4S. The molecule has 0 spiro atoms. The Kier molecular flexibility index (Phi) is 3.80. The number of carbonyl (C=O) groups excluding carboxylic acids is 2. The monoisotopic (exact) mass is 356 g/mol. The van der Waals surface area contributed by atoms with Gasteiger partial charge in [-0.1, -0.05) is 0 Å². The first kappa shape index (κ1) is 15.8. The first-order valence-electron chi connectivity index (χ1n) is 7.96. The number of pyridine rings is 1. The van der Waals surface area contributed by atoms with Crippen LogP contribution in [0.4, 0.5) is 0 Å². The molecule has 25 heavy (non-hydrogen) atoms. The summed E-state index contributed by atoms with van der Waals surface area (Å²) in [4.78, 5) is 30.2. The maximum Gasteiger partial charge on any atom is 0.351 e. The van der Waals surface area contributed by atoms with E-state index in [4.69, 9.17) is 9.47 Å². The largest absolute Gasteiger partial charge is 0.463 e. The van der Waals surface area contributed by atoms with Crippen molar-refractivity contribution >= 4 is 33.5 Å². The third-order valence-corrected chi connectivity index (χ3v) is 5.20. The maximum atomic E-state index is 12.8. The second-order valence-electron chi connectivity index (χ2n) is 5.98. The van der Waals surface area contributed by atoms with E-state index >= 15 is 0 Å². The summed E-state index contributed by atoms with van der Waals surface area (Å²) in [6, 6.07) is 5.78. The highest BCUT2D eigenvalue weighted by Gasteiger charge is 2.32. The zero-order chi connectivity index (χ0) is 17.6. The lowest BCUT2D eigenvalue weighted by Gasteiger charge is -2.10. The van der Waals surface area contributed by atoms with Gasteiger partial charge in [0.2, 0.25) is 6.10 Å². The van der Waals surface area contributed by atoms with E-state index in [1.54, 1.807) is 0 Å². The summed E-state index contributed by atoms with van der Waals surface area (Å²) < 4.78 is 12.2. The molecule has 1 aliphatic heterocycles. The van der Waals surface area contributed by atoms with Crippen molar-refractivity contribution < 1.29 is 19.1 Å². The van der Waals surface area contributed by atoms with Crippen molar-refractivity contribution in [2.75, 3.05) is 6.61 Å². The molecule has 0 saturated carbocycles. The predicted octanol–water partition coefficient (Wildman–Crippen LogP) is 3.18. The van der Waals surface area contributed by atoms with Crippen LogP contribution in [0.3, 0.4) is 0 Å². The zero-order valence-corrected chi connectivity index (χ0v) is 14.6. The number of aromatic nitrogens is 2. The van der Waals surface area contributed by atoms with Gasteiger partial charge in [-0.25, -0.2) is 14.6 Å². The minimum atomic E-state index is -0.828. The maximum absolute atomic E-state index is 12.8. The van der Waals surface area contributed by atoms with E-state index in [-0.39, 0.29) is 6.61 Å². The second kappa shape index (κ2) is 6.00. The average molecular weight is 356 g/mol. The van der Waals surface area contributed by atoms with Crippen LogP contribution in [0.2, 0.25) is 0 Å². The third-order valence-electron chi connectivity index (χ3n) is 4.15. The molecule has 0 aliphatic carbocycles. The van der Waals surface area contributed by atoms with Gasteiger partial charge in [0.05, 0.1) is 12.3 Å². The molecule has 4 heterocycles. The standard InChI is InChI=1S/C18H16N2O4S/c1-10-9-11(2)19-16-13(10)14(20-6-3-4-7-20)15(25-16)18(22)24-12-5-8-23-17(12)21/h3-4,6-7,9,12H,5,8H2,1-2H3.